The number of carbonyl (C=O) groups excluding carboxylic acids is 1. The van der Waals surface area contributed by atoms with Crippen LogP contribution in [-0.4, -0.2) is 15.7 Å². The molecule has 0 atom stereocenters. The molecular weight excluding hydrogens is 360 g/mol. The van der Waals surface area contributed by atoms with Crippen LogP contribution in [0.25, 0.3) is 5.69 Å². The fourth-order valence-corrected chi connectivity index (χ4v) is 2.79. The molecule has 0 aliphatic heterocycles. The van der Waals surface area contributed by atoms with Crippen LogP contribution < -0.4 is 5.32 Å². The van der Waals surface area contributed by atoms with Crippen molar-refractivity contribution < 1.29 is 13.6 Å². The molecule has 134 valence electrons. The Morgan fingerprint density at radius 3 is 2.50 bits per heavy atom. The summed E-state index contributed by atoms with van der Waals surface area (Å²) in [5.74, 6) is -0.946. The van der Waals surface area contributed by atoms with Crippen LogP contribution in [-0.2, 0) is 17.8 Å². The van der Waals surface area contributed by atoms with Crippen molar-refractivity contribution in [2.75, 3.05) is 0 Å². The lowest BCUT2D eigenvalue weighted by molar-refractivity contribution is -0.120. The number of nitrogens with one attached hydrogen (secondary N) is 1. The molecule has 0 fully saturated rings. The fraction of sp³-hybridized carbons (Fsp3) is 0.158. The van der Waals surface area contributed by atoms with Gasteiger partial charge in [-0.1, -0.05) is 17.7 Å². The Hall–Kier alpha value is -2.73. The Balaban J connectivity index is 1.65. The van der Waals surface area contributed by atoms with Gasteiger partial charge in [0.25, 0.3) is 0 Å². The van der Waals surface area contributed by atoms with E-state index in [-0.39, 0.29) is 29.7 Å². The summed E-state index contributed by atoms with van der Waals surface area (Å²) >= 11 is 5.95. The van der Waals surface area contributed by atoms with Gasteiger partial charge in [-0.25, -0.2) is 13.5 Å². The molecule has 1 N–H and O–H groups in total. The maximum atomic E-state index is 13.0. The van der Waals surface area contributed by atoms with Crippen molar-refractivity contribution in [3.63, 3.8) is 0 Å². The minimum atomic E-state index is -0.422. The third-order valence-corrected chi connectivity index (χ3v) is 4.38. The van der Waals surface area contributed by atoms with Gasteiger partial charge in [-0.3, -0.25) is 4.79 Å². The van der Waals surface area contributed by atoms with Gasteiger partial charge in [-0.05, 0) is 48.9 Å². The van der Waals surface area contributed by atoms with Crippen molar-refractivity contribution >= 4 is 17.5 Å². The first kappa shape index (κ1) is 18.1. The first-order chi connectivity index (χ1) is 12.4. The highest BCUT2D eigenvalue weighted by molar-refractivity contribution is 6.31. The molecule has 1 amide bonds. The van der Waals surface area contributed by atoms with Crippen molar-refractivity contribution in [3.8, 4) is 5.69 Å². The van der Waals surface area contributed by atoms with E-state index in [0.29, 0.717) is 11.3 Å². The largest absolute Gasteiger partial charge is 0.352 e. The summed E-state index contributed by atoms with van der Waals surface area (Å²) in [6.45, 7) is 2.05. The van der Waals surface area contributed by atoms with E-state index in [2.05, 4.69) is 10.4 Å². The second-order valence-corrected chi connectivity index (χ2v) is 6.24. The van der Waals surface area contributed by atoms with E-state index in [1.165, 1.54) is 30.3 Å². The first-order valence-electron chi connectivity index (χ1n) is 7.94. The van der Waals surface area contributed by atoms with Crippen LogP contribution in [0.4, 0.5) is 8.78 Å². The smallest absolute Gasteiger partial charge is 0.224 e. The van der Waals surface area contributed by atoms with Gasteiger partial charge in [0.05, 0.1) is 18.3 Å². The Morgan fingerprint density at radius 1 is 1.12 bits per heavy atom. The molecule has 1 heterocycles. The van der Waals surface area contributed by atoms with Crippen LogP contribution in [0.2, 0.25) is 5.02 Å². The van der Waals surface area contributed by atoms with Crippen molar-refractivity contribution in [1.82, 2.24) is 15.1 Å². The highest BCUT2D eigenvalue weighted by Gasteiger charge is 2.12. The summed E-state index contributed by atoms with van der Waals surface area (Å²) in [4.78, 5) is 12.2. The zero-order valence-corrected chi connectivity index (χ0v) is 14.7. The van der Waals surface area contributed by atoms with E-state index in [9.17, 15) is 13.6 Å². The van der Waals surface area contributed by atoms with Gasteiger partial charge < -0.3 is 5.32 Å². The predicted octanol–water partition coefficient (Wildman–Crippen LogP) is 3.97. The highest BCUT2D eigenvalue weighted by atomic mass is 35.5. The van der Waals surface area contributed by atoms with Crippen LogP contribution in [0.5, 0.6) is 0 Å². The number of benzene rings is 2. The van der Waals surface area contributed by atoms with Crippen LogP contribution >= 0.6 is 11.6 Å². The number of nitrogens with zero attached hydrogens (tertiary/aromatic N) is 2. The van der Waals surface area contributed by atoms with Gasteiger partial charge in [0.15, 0.2) is 0 Å². The average Bonchev–Trinajstić information content (AvgIpc) is 2.95. The minimum Gasteiger partial charge on any atom is -0.352 e. The average molecular weight is 376 g/mol. The van der Waals surface area contributed by atoms with Gasteiger partial charge in [0.2, 0.25) is 5.91 Å². The van der Waals surface area contributed by atoms with Gasteiger partial charge in [0, 0.05) is 22.8 Å². The molecule has 7 heteroatoms. The van der Waals surface area contributed by atoms with E-state index in [0.717, 1.165) is 11.3 Å². The Bertz CT molecular complexity index is 938. The summed E-state index contributed by atoms with van der Waals surface area (Å²) < 4.78 is 27.7. The molecule has 0 unspecified atom stereocenters. The standard InChI is InChI=1S/C19H16ClF2N3O/c1-12-14(11-24-25(12)17-6-4-15(21)5-7-17)8-19(26)23-10-13-2-3-16(22)9-18(13)20/h2-7,9,11H,8,10H2,1H3,(H,23,26). The van der Waals surface area contributed by atoms with Crippen LogP contribution in [0, 0.1) is 18.6 Å². The molecule has 0 aliphatic carbocycles. The van der Waals surface area contributed by atoms with E-state index < -0.39 is 5.82 Å². The molecule has 2 aromatic carbocycles. The third-order valence-electron chi connectivity index (χ3n) is 4.02. The molecule has 3 rings (SSSR count). The molecule has 0 aliphatic rings. The summed E-state index contributed by atoms with van der Waals surface area (Å²) in [7, 11) is 0. The Morgan fingerprint density at radius 2 is 1.81 bits per heavy atom. The van der Waals surface area contributed by atoms with Gasteiger partial charge in [-0.15, -0.1) is 0 Å². The zero-order chi connectivity index (χ0) is 18.7. The van der Waals surface area contributed by atoms with E-state index in [1.54, 1.807) is 23.0 Å². The summed E-state index contributed by atoms with van der Waals surface area (Å²) in [5, 5.41) is 7.29. The van der Waals surface area contributed by atoms with Crippen molar-refractivity contribution in [3.05, 3.63) is 82.1 Å². The molecule has 3 aromatic rings. The van der Waals surface area contributed by atoms with Gasteiger partial charge in [-0.2, -0.15) is 5.10 Å². The molecule has 26 heavy (non-hydrogen) atoms. The molecule has 0 radical (unpaired) electrons. The van der Waals surface area contributed by atoms with Gasteiger partial charge in [0.1, 0.15) is 11.6 Å². The first-order valence-corrected chi connectivity index (χ1v) is 8.32. The quantitative estimate of drug-likeness (QED) is 0.733. The normalized spacial score (nSPS) is 10.8. The summed E-state index contributed by atoms with van der Waals surface area (Å²) in [6.07, 6.45) is 1.76. The minimum absolute atomic E-state index is 0.145. The maximum Gasteiger partial charge on any atom is 0.224 e. The third kappa shape index (κ3) is 4.08. The Kier molecular flexibility index (Phi) is 5.32. The lowest BCUT2D eigenvalue weighted by Crippen LogP contribution is -2.24. The van der Waals surface area contributed by atoms with Gasteiger partial charge >= 0.3 is 0 Å². The van der Waals surface area contributed by atoms with Crippen molar-refractivity contribution in [2.24, 2.45) is 0 Å². The number of rotatable bonds is 5. The molecule has 4 nitrogen and oxygen atoms in total. The number of amides is 1. The van der Waals surface area contributed by atoms with Crippen LogP contribution in [0.15, 0.2) is 48.7 Å². The molecule has 0 spiro atoms. The number of aromatic nitrogens is 2. The lowest BCUT2D eigenvalue weighted by Gasteiger charge is -2.08. The SMILES string of the molecule is Cc1c(CC(=O)NCc2ccc(F)cc2Cl)cnn1-c1ccc(F)cc1. The Labute approximate surface area is 154 Å². The van der Waals surface area contributed by atoms with Crippen LogP contribution in [0.1, 0.15) is 16.8 Å². The number of carbonyl (C=O) groups is 1. The molecule has 0 bridgehead atoms. The second kappa shape index (κ2) is 7.66. The van der Waals surface area contributed by atoms with E-state index in [4.69, 9.17) is 11.6 Å². The monoisotopic (exact) mass is 375 g/mol. The van der Waals surface area contributed by atoms with E-state index in [1.807, 2.05) is 6.92 Å². The highest BCUT2D eigenvalue weighted by Crippen LogP contribution is 2.18. The summed E-state index contributed by atoms with van der Waals surface area (Å²) in [5.41, 5.74) is 2.91. The zero-order valence-electron chi connectivity index (χ0n) is 14.0. The predicted molar refractivity (Wildman–Crippen MR) is 95.2 cm³/mol. The molecule has 1 aromatic heterocycles. The van der Waals surface area contributed by atoms with E-state index >= 15 is 0 Å². The molecular formula is C19H16ClF2N3O. The maximum absolute atomic E-state index is 13.0. The van der Waals surface area contributed by atoms with Crippen LogP contribution in [0.3, 0.4) is 0 Å². The molecule has 0 saturated carbocycles. The van der Waals surface area contributed by atoms with Crippen molar-refractivity contribution in [1.29, 1.82) is 0 Å². The fourth-order valence-electron chi connectivity index (χ4n) is 2.55. The second-order valence-electron chi connectivity index (χ2n) is 5.83. The number of hydrogen-bond donors (Lipinski definition) is 1. The van der Waals surface area contributed by atoms with Crippen molar-refractivity contribution in [2.45, 2.75) is 19.9 Å². The number of hydrogen-bond acceptors (Lipinski definition) is 2. The molecule has 0 saturated heterocycles. The summed E-state index contributed by atoms with van der Waals surface area (Å²) in [6, 6.07) is 10.00. The number of halogens is 3. The lowest BCUT2D eigenvalue weighted by atomic mass is 10.1. The topological polar surface area (TPSA) is 46.9 Å².